The van der Waals surface area contributed by atoms with E-state index in [1.54, 1.807) is 41.5 Å². The monoisotopic (exact) mass is 731 g/mol. The maximum Gasteiger partial charge on any atom is 0.306 e. The number of primary amides is 3. The van der Waals surface area contributed by atoms with Gasteiger partial charge < -0.3 is 43.2 Å². The molecular weight excluding hydrogens is 677 g/mol. The smallest absolute Gasteiger partial charge is 0.306 e. The molecule has 11 N–H and O–H groups in total. The lowest BCUT2D eigenvalue weighted by Crippen LogP contribution is -2.37. The molecule has 2 fully saturated rings. The van der Waals surface area contributed by atoms with Gasteiger partial charge >= 0.3 is 17.9 Å². The highest BCUT2D eigenvalue weighted by atomic mass is 35.5. The highest BCUT2D eigenvalue weighted by Gasteiger charge is 2.27. The van der Waals surface area contributed by atoms with E-state index in [0.29, 0.717) is 32.1 Å². The molecule has 48 heavy (non-hydrogen) atoms. The number of ether oxygens (including phenoxy) is 2. The van der Waals surface area contributed by atoms with Gasteiger partial charge in [0.15, 0.2) is 0 Å². The van der Waals surface area contributed by atoms with Crippen molar-refractivity contribution in [1.29, 1.82) is 0 Å². The van der Waals surface area contributed by atoms with Gasteiger partial charge in [-0.3, -0.25) is 38.4 Å². The van der Waals surface area contributed by atoms with E-state index >= 15 is 0 Å². The van der Waals surface area contributed by atoms with E-state index < -0.39 is 47.0 Å². The third-order valence-electron chi connectivity index (χ3n) is 6.13. The molecule has 2 aliphatic carbocycles. The molecule has 18 heteroatoms. The zero-order chi connectivity index (χ0) is 36.4. The van der Waals surface area contributed by atoms with Gasteiger partial charge in [-0.2, -0.15) is 0 Å². The molecule has 0 aromatic heterocycles. The summed E-state index contributed by atoms with van der Waals surface area (Å²) in [6, 6.07) is -1.55. The summed E-state index contributed by atoms with van der Waals surface area (Å²) in [5.74, 6) is -3.41. The number of hydrogen-bond acceptors (Lipinski definition) is 12. The molecule has 0 saturated heterocycles. The van der Waals surface area contributed by atoms with E-state index in [-0.39, 0.29) is 92.2 Å². The van der Waals surface area contributed by atoms with E-state index in [4.69, 9.17) is 43.2 Å². The summed E-state index contributed by atoms with van der Waals surface area (Å²) in [5, 5.41) is 8.38. The lowest BCUT2D eigenvalue weighted by Gasteiger charge is -2.19. The van der Waals surface area contributed by atoms with Crippen LogP contribution in [0.2, 0.25) is 0 Å². The van der Waals surface area contributed by atoms with E-state index in [1.165, 1.54) is 0 Å². The Kier molecular flexibility index (Phi) is 26.6. The average molecular weight is 733 g/mol. The molecule has 2 rings (SSSR count). The molecule has 2 aliphatic rings. The van der Waals surface area contributed by atoms with Gasteiger partial charge in [-0.15, -0.1) is 24.8 Å². The van der Waals surface area contributed by atoms with Crippen molar-refractivity contribution in [2.24, 2.45) is 40.5 Å². The van der Waals surface area contributed by atoms with Crippen molar-refractivity contribution in [1.82, 2.24) is 0 Å². The number of carbonyl (C=O) groups excluding carboxylic acids is 7. The number of ketones is 2. The molecule has 16 nitrogen and oxygen atoms in total. The Morgan fingerprint density at radius 3 is 1.17 bits per heavy atom. The van der Waals surface area contributed by atoms with Gasteiger partial charge in [0, 0.05) is 44.4 Å². The van der Waals surface area contributed by atoms with Crippen LogP contribution in [0, 0.1) is 11.8 Å². The Hall–Kier alpha value is -3.34. The Morgan fingerprint density at radius 1 is 0.688 bits per heavy atom. The molecule has 0 aromatic carbocycles. The molecule has 0 bridgehead atoms. The third kappa shape index (κ3) is 28.8. The number of Topliss-reactive ketones (excluding diaryl/α,β-unsaturated/α-hetero) is 2. The van der Waals surface area contributed by atoms with Crippen LogP contribution in [0.15, 0.2) is 0 Å². The molecule has 0 unspecified atom stereocenters. The molecule has 0 spiro atoms. The first-order valence-corrected chi connectivity index (χ1v) is 14.9. The topological polar surface area (TPSA) is 305 Å². The van der Waals surface area contributed by atoms with E-state index in [0.717, 1.165) is 0 Å². The van der Waals surface area contributed by atoms with Crippen molar-refractivity contribution in [3.63, 3.8) is 0 Å². The van der Waals surface area contributed by atoms with Crippen molar-refractivity contribution >= 4 is 72.0 Å². The van der Waals surface area contributed by atoms with Gasteiger partial charge in [0.25, 0.3) is 0 Å². The van der Waals surface area contributed by atoms with Crippen molar-refractivity contribution in [2.45, 2.75) is 129 Å². The van der Waals surface area contributed by atoms with Crippen molar-refractivity contribution in [3.8, 4) is 0 Å². The van der Waals surface area contributed by atoms with Crippen LogP contribution in [-0.2, 0) is 47.8 Å². The molecule has 3 amide bonds. The fourth-order valence-electron chi connectivity index (χ4n) is 3.70. The second-order valence-electron chi connectivity index (χ2n) is 13.0. The van der Waals surface area contributed by atoms with Crippen LogP contribution in [0.5, 0.6) is 0 Å². The number of carbonyl (C=O) groups is 8. The lowest BCUT2D eigenvalue weighted by atomic mass is 10.1. The minimum Gasteiger partial charge on any atom is -0.481 e. The fraction of sp³-hybridized carbons (Fsp3) is 0.733. The zero-order valence-corrected chi connectivity index (χ0v) is 30.2. The number of amides is 3. The number of carboxylic acids is 1. The highest BCUT2D eigenvalue weighted by molar-refractivity contribution is 5.89. The summed E-state index contributed by atoms with van der Waals surface area (Å²) in [5.41, 5.74) is 24.5. The van der Waals surface area contributed by atoms with Gasteiger partial charge in [-0.25, -0.2) is 0 Å². The van der Waals surface area contributed by atoms with E-state index in [9.17, 15) is 38.4 Å². The first-order chi connectivity index (χ1) is 20.8. The maximum absolute atomic E-state index is 11.2. The summed E-state index contributed by atoms with van der Waals surface area (Å²) < 4.78 is 10.0. The second kappa shape index (κ2) is 24.7. The predicted octanol–water partition coefficient (Wildman–Crippen LogP) is 0.967. The Bertz CT molecular complexity index is 1010. The number of nitrogens with two attached hydrogens (primary N) is 5. The van der Waals surface area contributed by atoms with Gasteiger partial charge in [-0.05, 0) is 67.2 Å². The Morgan fingerprint density at radius 2 is 1.00 bits per heavy atom. The van der Waals surface area contributed by atoms with Crippen LogP contribution in [0.25, 0.3) is 0 Å². The number of esters is 2. The number of rotatable bonds is 10. The molecule has 0 aromatic rings. The summed E-state index contributed by atoms with van der Waals surface area (Å²) in [6.07, 6.45) is 3.48. The number of carboxylic acid groups (broad SMARTS) is 1. The summed E-state index contributed by atoms with van der Waals surface area (Å²) in [7, 11) is 0. The molecule has 2 saturated carbocycles. The summed E-state index contributed by atoms with van der Waals surface area (Å²) in [4.78, 5) is 85.1. The fourth-order valence-corrected chi connectivity index (χ4v) is 3.70. The largest absolute Gasteiger partial charge is 0.481 e. The Labute approximate surface area is 294 Å². The molecular formula is C30H55Cl2N5O11. The van der Waals surface area contributed by atoms with Crippen LogP contribution in [0.4, 0.5) is 0 Å². The van der Waals surface area contributed by atoms with Crippen LogP contribution in [0.3, 0.4) is 0 Å². The number of hydrogen-bond donors (Lipinski definition) is 6. The molecule has 0 radical (unpaired) electrons. The van der Waals surface area contributed by atoms with Crippen LogP contribution >= 0.6 is 24.8 Å². The Balaban J connectivity index is -0.000000270. The van der Waals surface area contributed by atoms with Crippen LogP contribution in [0.1, 0.15) is 106 Å². The van der Waals surface area contributed by atoms with Crippen LogP contribution in [-0.4, -0.2) is 75.6 Å². The standard InChI is InChI=1S/2C9H18N2O3.C6H9NO2.C6H8O3.2ClH/c2*1-9(2,3)14-7(12)5-4-6(10)8(11)13;7-6(9)4-1-2-5(8)3-4;7-5-2-1-4(3-5)6(8)9;;/h2*6H,4-5,10H2,1-3H3,(H2,11,13);4H,1-3H2,(H2,7,9);4H,1-3H2,(H,8,9);2*1H/t2*6-;2*4-;;/m0011../s1. The molecule has 0 heterocycles. The van der Waals surface area contributed by atoms with Gasteiger partial charge in [-0.1, -0.05) is 0 Å². The zero-order valence-electron chi connectivity index (χ0n) is 28.6. The molecule has 280 valence electrons. The number of aliphatic carboxylic acids is 1. The quantitative estimate of drug-likeness (QED) is 0.171. The maximum atomic E-state index is 11.2. The predicted molar refractivity (Wildman–Crippen MR) is 181 cm³/mol. The van der Waals surface area contributed by atoms with Gasteiger partial charge in [0.2, 0.25) is 17.7 Å². The first kappa shape index (κ1) is 51.5. The van der Waals surface area contributed by atoms with Crippen molar-refractivity contribution < 1.29 is 52.9 Å². The molecule has 0 aliphatic heterocycles. The molecule has 4 atom stereocenters. The van der Waals surface area contributed by atoms with Crippen molar-refractivity contribution in [2.75, 3.05) is 0 Å². The minimum atomic E-state index is -0.833. The SMILES string of the molecule is CC(C)(C)OC(=O)CC[C@H](N)C(N)=O.CC(C)(C)OC(=O)CC[C@H](N)C(N)=O.Cl.Cl.NC(=O)[C@@H]1CCC(=O)C1.O=C1CC[C@@H](C(=O)O)C1. The highest BCUT2D eigenvalue weighted by Crippen LogP contribution is 2.21. The normalized spacial score (nSPS) is 17.8. The second-order valence-corrected chi connectivity index (χ2v) is 13.0. The van der Waals surface area contributed by atoms with Gasteiger partial charge in [0.1, 0.15) is 22.8 Å². The number of halogens is 2. The van der Waals surface area contributed by atoms with Gasteiger partial charge in [0.05, 0.1) is 18.0 Å². The summed E-state index contributed by atoms with van der Waals surface area (Å²) in [6.45, 7) is 10.7. The lowest BCUT2D eigenvalue weighted by molar-refractivity contribution is -0.156. The first-order valence-electron chi connectivity index (χ1n) is 14.9. The average Bonchev–Trinajstić information content (AvgIpc) is 3.53. The van der Waals surface area contributed by atoms with Crippen molar-refractivity contribution in [3.05, 3.63) is 0 Å². The third-order valence-corrected chi connectivity index (χ3v) is 6.13. The minimum absolute atomic E-state index is 0. The summed E-state index contributed by atoms with van der Waals surface area (Å²) >= 11 is 0. The van der Waals surface area contributed by atoms with E-state index in [2.05, 4.69) is 0 Å². The van der Waals surface area contributed by atoms with Crippen LogP contribution < -0.4 is 28.7 Å². The van der Waals surface area contributed by atoms with E-state index in [1.807, 2.05) is 0 Å².